The number of carbonyl (C=O) groups excluding carboxylic acids is 1. The molecule has 3 unspecified atom stereocenters. The monoisotopic (exact) mass is 492 g/mol. The van der Waals surface area contributed by atoms with Crippen LogP contribution < -0.4 is 10.6 Å². The minimum absolute atomic E-state index is 0.00177. The van der Waals surface area contributed by atoms with E-state index in [0.717, 1.165) is 61.7 Å². The molecule has 3 heterocycles. The Morgan fingerprint density at radius 3 is 2.67 bits per heavy atom. The fourth-order valence-corrected chi connectivity index (χ4v) is 7.61. The summed E-state index contributed by atoms with van der Waals surface area (Å²) in [5.41, 5.74) is 1.86. The van der Waals surface area contributed by atoms with Crippen molar-refractivity contribution in [2.75, 3.05) is 5.32 Å². The number of aromatic nitrogens is 4. The number of nitrogens with zero attached hydrogens (tertiary/aromatic N) is 3. The van der Waals surface area contributed by atoms with E-state index in [2.05, 4.69) is 30.7 Å². The van der Waals surface area contributed by atoms with Gasteiger partial charge in [-0.2, -0.15) is 4.98 Å². The van der Waals surface area contributed by atoms with Gasteiger partial charge < -0.3 is 30.4 Å². The first-order chi connectivity index (χ1) is 17.4. The molecular formula is C26H32N6O4. The molecule has 5 N–H and O–H groups in total. The van der Waals surface area contributed by atoms with Crippen molar-refractivity contribution >= 4 is 22.6 Å². The Balaban J connectivity index is 1.17. The first-order valence-electron chi connectivity index (χ1n) is 13.2. The molecule has 0 aromatic carbocycles. The summed E-state index contributed by atoms with van der Waals surface area (Å²) < 4.78 is 5.37. The predicted octanol–water partition coefficient (Wildman–Crippen LogP) is 3.00. The topological polar surface area (TPSA) is 149 Å². The molecule has 10 nitrogen and oxygen atoms in total. The highest BCUT2D eigenvalue weighted by atomic mass is 16.5. The van der Waals surface area contributed by atoms with Gasteiger partial charge in [0.05, 0.1) is 23.0 Å². The van der Waals surface area contributed by atoms with E-state index < -0.39 is 11.5 Å². The van der Waals surface area contributed by atoms with Gasteiger partial charge in [0.25, 0.3) is 0 Å². The van der Waals surface area contributed by atoms with Gasteiger partial charge in [-0.25, -0.2) is 4.98 Å². The molecule has 3 aromatic rings. The average molecular weight is 493 g/mol. The fourth-order valence-electron chi connectivity index (χ4n) is 7.61. The molecule has 5 aliphatic carbocycles. The van der Waals surface area contributed by atoms with Gasteiger partial charge in [0.1, 0.15) is 5.65 Å². The van der Waals surface area contributed by atoms with E-state index in [1.807, 2.05) is 12.3 Å². The van der Waals surface area contributed by atoms with E-state index in [-0.39, 0.29) is 24.1 Å². The molecule has 0 spiro atoms. The highest BCUT2D eigenvalue weighted by Crippen LogP contribution is 2.56. The van der Waals surface area contributed by atoms with Gasteiger partial charge >= 0.3 is 11.8 Å². The first kappa shape index (κ1) is 22.2. The van der Waals surface area contributed by atoms with E-state index in [1.165, 1.54) is 0 Å². The number of anilines is 1. The van der Waals surface area contributed by atoms with E-state index in [0.29, 0.717) is 42.0 Å². The summed E-state index contributed by atoms with van der Waals surface area (Å²) in [5.74, 6) is 1.33. The number of hydrogen-bond acceptors (Lipinski definition) is 8. The van der Waals surface area contributed by atoms with Gasteiger partial charge in [-0.1, -0.05) is 5.16 Å². The molecule has 0 saturated heterocycles. The average Bonchev–Trinajstić information content (AvgIpc) is 3.52. The number of carbonyl (C=O) groups is 1. The molecule has 1 amide bonds. The molecule has 5 atom stereocenters. The van der Waals surface area contributed by atoms with Gasteiger partial charge in [-0.3, -0.25) is 4.79 Å². The van der Waals surface area contributed by atoms with Crippen molar-refractivity contribution in [2.24, 2.45) is 17.8 Å². The minimum Gasteiger partial charge on any atom is -0.393 e. The van der Waals surface area contributed by atoms with E-state index in [9.17, 15) is 15.0 Å². The van der Waals surface area contributed by atoms with Crippen molar-refractivity contribution < 1.29 is 19.5 Å². The Bertz CT molecular complexity index is 1280. The first-order valence-corrected chi connectivity index (χ1v) is 13.2. The van der Waals surface area contributed by atoms with Gasteiger partial charge in [0.15, 0.2) is 0 Å². The van der Waals surface area contributed by atoms with Gasteiger partial charge in [-0.15, -0.1) is 0 Å². The lowest BCUT2D eigenvalue weighted by molar-refractivity contribution is -0.129. The zero-order valence-electron chi connectivity index (χ0n) is 20.1. The van der Waals surface area contributed by atoms with Crippen molar-refractivity contribution in [1.29, 1.82) is 0 Å². The molecule has 10 heteroatoms. The Labute approximate surface area is 208 Å². The normalized spacial score (nSPS) is 35.3. The summed E-state index contributed by atoms with van der Waals surface area (Å²) in [5, 5.41) is 32.6. The third-order valence-electron chi connectivity index (χ3n) is 9.03. The Morgan fingerprint density at radius 2 is 1.92 bits per heavy atom. The van der Waals surface area contributed by atoms with Crippen molar-refractivity contribution in [3.63, 3.8) is 0 Å². The van der Waals surface area contributed by atoms with E-state index in [1.54, 1.807) is 6.20 Å². The van der Waals surface area contributed by atoms with Crippen molar-refractivity contribution in [1.82, 2.24) is 25.4 Å². The molecule has 8 rings (SSSR count). The zero-order valence-corrected chi connectivity index (χ0v) is 20.1. The van der Waals surface area contributed by atoms with Crippen LogP contribution in [0.25, 0.3) is 22.4 Å². The van der Waals surface area contributed by atoms with Crippen LogP contribution in [0.15, 0.2) is 23.0 Å². The molecule has 5 fully saturated rings. The summed E-state index contributed by atoms with van der Waals surface area (Å²) >= 11 is 0. The molecule has 5 saturated carbocycles. The molecular weight excluding hydrogens is 460 g/mol. The standard InChI is InChI=1S/C26H32N6O4/c33-17-3-1-16(2-4-17)29-24(34)25-31-23(32-36-25)19-12-28-22-18(5-6-27-22)21(19)30-20-14-7-13-8-15(20)11-26(35,9-13)10-14/h5-6,12-17,20,33,35H,1-4,7-11H2,(H,29,34)(H2,27,28,30)/t13?,14-,15+,16?,17?,20?,26?. The van der Waals surface area contributed by atoms with Crippen molar-refractivity contribution in [3.8, 4) is 11.4 Å². The van der Waals surface area contributed by atoms with E-state index >= 15 is 0 Å². The quantitative estimate of drug-likeness (QED) is 0.365. The maximum absolute atomic E-state index is 12.8. The third-order valence-corrected chi connectivity index (χ3v) is 9.03. The number of fused-ring (bicyclic) bond motifs is 1. The summed E-state index contributed by atoms with van der Waals surface area (Å²) in [7, 11) is 0. The number of H-pyrrole nitrogens is 1. The number of amides is 1. The summed E-state index contributed by atoms with van der Waals surface area (Å²) in [6.07, 6.45) is 11.1. The van der Waals surface area contributed by atoms with Gasteiger partial charge in [-0.05, 0) is 81.6 Å². The predicted molar refractivity (Wildman–Crippen MR) is 131 cm³/mol. The molecule has 4 bridgehead atoms. The summed E-state index contributed by atoms with van der Waals surface area (Å²) in [6, 6.07) is 2.25. The SMILES string of the molecule is O=C(NC1CCC(O)CC1)c1nc(-c2cnc3[nH]ccc3c2NC2[C@@H]3CC4C[C@H]2CC(O)(C4)C3)no1. The van der Waals surface area contributed by atoms with Crippen LogP contribution in [0.4, 0.5) is 5.69 Å². The van der Waals surface area contributed by atoms with Crippen LogP contribution in [0.3, 0.4) is 0 Å². The number of aromatic amines is 1. The number of rotatable bonds is 5. The molecule has 0 aliphatic heterocycles. The lowest BCUT2D eigenvalue weighted by atomic mass is 9.52. The van der Waals surface area contributed by atoms with Crippen LogP contribution in [-0.2, 0) is 0 Å². The van der Waals surface area contributed by atoms with Crippen LogP contribution in [-0.4, -0.2) is 60.0 Å². The fraction of sp³-hybridized carbons (Fsp3) is 0.615. The maximum atomic E-state index is 12.8. The Hall–Kier alpha value is -2.98. The van der Waals surface area contributed by atoms with Crippen molar-refractivity contribution in [3.05, 3.63) is 24.4 Å². The molecule has 0 radical (unpaired) electrons. The lowest BCUT2D eigenvalue weighted by Gasteiger charge is -2.58. The Kier molecular flexibility index (Phi) is 5.11. The van der Waals surface area contributed by atoms with Crippen LogP contribution in [0, 0.1) is 17.8 Å². The Morgan fingerprint density at radius 1 is 1.14 bits per heavy atom. The molecule has 190 valence electrons. The number of nitrogens with one attached hydrogen (secondary N) is 3. The molecule has 5 aliphatic rings. The second-order valence-electron chi connectivity index (χ2n) is 11.6. The minimum atomic E-state index is -0.495. The number of pyridine rings is 1. The largest absolute Gasteiger partial charge is 0.393 e. The number of aliphatic hydroxyl groups is 2. The van der Waals surface area contributed by atoms with Crippen LogP contribution >= 0.6 is 0 Å². The second kappa shape index (κ2) is 8.27. The van der Waals surface area contributed by atoms with Crippen molar-refractivity contribution in [2.45, 2.75) is 81.6 Å². The third kappa shape index (κ3) is 3.78. The van der Waals surface area contributed by atoms with Gasteiger partial charge in [0.2, 0.25) is 5.82 Å². The highest BCUT2D eigenvalue weighted by molar-refractivity contribution is 5.97. The highest BCUT2D eigenvalue weighted by Gasteiger charge is 2.54. The number of aliphatic hydroxyl groups excluding tert-OH is 1. The summed E-state index contributed by atoms with van der Waals surface area (Å²) in [6.45, 7) is 0. The molecule has 3 aromatic heterocycles. The summed E-state index contributed by atoms with van der Waals surface area (Å²) in [4.78, 5) is 24.9. The van der Waals surface area contributed by atoms with Crippen LogP contribution in [0.5, 0.6) is 0 Å². The second-order valence-corrected chi connectivity index (χ2v) is 11.6. The smallest absolute Gasteiger partial charge is 0.316 e. The number of hydrogen-bond donors (Lipinski definition) is 5. The zero-order chi connectivity index (χ0) is 24.4. The lowest BCUT2D eigenvalue weighted by Crippen LogP contribution is -2.59. The maximum Gasteiger partial charge on any atom is 0.316 e. The van der Waals surface area contributed by atoms with Gasteiger partial charge in [0, 0.05) is 29.9 Å². The van der Waals surface area contributed by atoms with Crippen LogP contribution in [0.1, 0.15) is 68.5 Å². The van der Waals surface area contributed by atoms with E-state index in [4.69, 9.17) is 4.52 Å². The molecule has 36 heavy (non-hydrogen) atoms. The van der Waals surface area contributed by atoms with Crippen LogP contribution in [0.2, 0.25) is 0 Å².